The minimum atomic E-state index is 0.230. The van der Waals surface area contributed by atoms with Gasteiger partial charge in [-0.25, -0.2) is 0 Å². The van der Waals surface area contributed by atoms with Crippen LogP contribution in [0.1, 0.15) is 31.2 Å². The second-order valence-corrected chi connectivity index (χ2v) is 6.23. The molecule has 1 saturated heterocycles. The highest BCUT2D eigenvalue weighted by Gasteiger charge is 2.46. The van der Waals surface area contributed by atoms with E-state index in [9.17, 15) is 4.79 Å². The van der Waals surface area contributed by atoms with Crippen LogP contribution in [-0.4, -0.2) is 32.6 Å². The van der Waals surface area contributed by atoms with E-state index in [0.29, 0.717) is 18.2 Å². The quantitative estimate of drug-likeness (QED) is 0.924. The van der Waals surface area contributed by atoms with Gasteiger partial charge in [-0.1, -0.05) is 6.07 Å². The van der Waals surface area contributed by atoms with Crippen molar-refractivity contribution < 1.29 is 14.3 Å². The lowest BCUT2D eigenvalue weighted by molar-refractivity contribution is -0.122. The summed E-state index contributed by atoms with van der Waals surface area (Å²) in [6.07, 6.45) is 4.56. The van der Waals surface area contributed by atoms with Crippen molar-refractivity contribution in [3.63, 3.8) is 0 Å². The lowest BCUT2D eigenvalue weighted by Crippen LogP contribution is -2.43. The van der Waals surface area contributed by atoms with Crippen LogP contribution in [0.25, 0.3) is 0 Å². The van der Waals surface area contributed by atoms with Gasteiger partial charge in [0.15, 0.2) is 11.5 Å². The van der Waals surface area contributed by atoms with Crippen LogP contribution >= 0.6 is 0 Å². The molecule has 2 atom stereocenters. The first-order valence-electron chi connectivity index (χ1n) is 7.63. The molecule has 0 amide bonds. The number of ketones is 1. The summed E-state index contributed by atoms with van der Waals surface area (Å²) in [6.45, 7) is 1.02. The van der Waals surface area contributed by atoms with Crippen LogP contribution in [0.5, 0.6) is 11.5 Å². The van der Waals surface area contributed by atoms with E-state index in [-0.39, 0.29) is 5.41 Å². The molecule has 1 saturated carbocycles. The number of ether oxygens (including phenoxy) is 2. The molecule has 3 rings (SSSR count). The molecule has 4 nitrogen and oxygen atoms in total. The summed E-state index contributed by atoms with van der Waals surface area (Å²) in [5.41, 5.74) is 1.49. The molecule has 0 bridgehead atoms. The molecule has 1 aliphatic carbocycles. The SMILES string of the molecule is COc1ccc(C[C@@]23CCN[C@H]2CC(=O)CC3)cc1OC. The first-order chi connectivity index (χ1) is 10.2. The third-order valence-corrected chi connectivity index (χ3v) is 5.09. The number of hydrogen-bond acceptors (Lipinski definition) is 4. The van der Waals surface area contributed by atoms with Gasteiger partial charge in [0.05, 0.1) is 14.2 Å². The standard InChI is InChI=1S/C17H23NO3/c1-20-14-4-3-12(9-15(14)21-2)11-17-6-5-13(19)10-16(17)18-8-7-17/h3-4,9,16,18H,5-8,10-11H2,1-2H3/t16-,17+/m0/s1. The fraction of sp³-hybridized carbons (Fsp3) is 0.588. The summed E-state index contributed by atoms with van der Waals surface area (Å²) >= 11 is 0. The topological polar surface area (TPSA) is 47.6 Å². The minimum absolute atomic E-state index is 0.230. The Kier molecular flexibility index (Phi) is 3.89. The third kappa shape index (κ3) is 2.64. The fourth-order valence-electron chi connectivity index (χ4n) is 3.89. The van der Waals surface area contributed by atoms with E-state index < -0.39 is 0 Å². The molecule has 1 aromatic carbocycles. The molecule has 1 aliphatic heterocycles. The fourth-order valence-corrected chi connectivity index (χ4v) is 3.89. The van der Waals surface area contributed by atoms with Gasteiger partial charge in [-0.2, -0.15) is 0 Å². The van der Waals surface area contributed by atoms with Crippen LogP contribution in [0, 0.1) is 5.41 Å². The number of benzene rings is 1. The van der Waals surface area contributed by atoms with Gasteiger partial charge in [-0.15, -0.1) is 0 Å². The van der Waals surface area contributed by atoms with E-state index in [2.05, 4.69) is 17.4 Å². The van der Waals surface area contributed by atoms with Gasteiger partial charge < -0.3 is 14.8 Å². The summed E-state index contributed by atoms with van der Waals surface area (Å²) in [7, 11) is 3.32. The molecule has 0 spiro atoms. The number of methoxy groups -OCH3 is 2. The van der Waals surface area contributed by atoms with Crippen LogP contribution in [0.2, 0.25) is 0 Å². The molecular formula is C17H23NO3. The summed E-state index contributed by atoms with van der Waals surface area (Å²) < 4.78 is 10.7. The van der Waals surface area contributed by atoms with Gasteiger partial charge in [-0.05, 0) is 48.9 Å². The van der Waals surface area contributed by atoms with Crippen LogP contribution in [-0.2, 0) is 11.2 Å². The Morgan fingerprint density at radius 2 is 2.05 bits per heavy atom. The predicted molar refractivity (Wildman–Crippen MR) is 80.9 cm³/mol. The Bertz CT molecular complexity index is 543. The molecule has 21 heavy (non-hydrogen) atoms. The zero-order chi connectivity index (χ0) is 14.9. The highest BCUT2D eigenvalue weighted by atomic mass is 16.5. The first kappa shape index (κ1) is 14.4. The van der Waals surface area contributed by atoms with Gasteiger partial charge in [-0.3, -0.25) is 4.79 Å². The van der Waals surface area contributed by atoms with Crippen LogP contribution in [0.3, 0.4) is 0 Å². The van der Waals surface area contributed by atoms with Crippen molar-refractivity contribution >= 4 is 5.78 Å². The smallest absolute Gasteiger partial charge is 0.160 e. The zero-order valence-corrected chi connectivity index (χ0v) is 12.8. The molecular weight excluding hydrogens is 266 g/mol. The number of nitrogens with one attached hydrogen (secondary N) is 1. The van der Waals surface area contributed by atoms with Crippen molar-refractivity contribution in [2.24, 2.45) is 5.41 Å². The lowest BCUT2D eigenvalue weighted by atomic mass is 9.67. The van der Waals surface area contributed by atoms with Gasteiger partial charge in [0.2, 0.25) is 0 Å². The minimum Gasteiger partial charge on any atom is -0.493 e. The van der Waals surface area contributed by atoms with Crippen molar-refractivity contribution in [1.29, 1.82) is 0 Å². The van der Waals surface area contributed by atoms with E-state index in [1.165, 1.54) is 5.56 Å². The molecule has 1 heterocycles. The summed E-state index contributed by atoms with van der Waals surface area (Å²) in [5, 5.41) is 3.52. The third-order valence-electron chi connectivity index (χ3n) is 5.09. The molecule has 4 heteroatoms. The maximum absolute atomic E-state index is 11.7. The number of hydrogen-bond donors (Lipinski definition) is 1. The van der Waals surface area contributed by atoms with Gasteiger partial charge in [0, 0.05) is 18.9 Å². The molecule has 0 aromatic heterocycles. The Hall–Kier alpha value is -1.55. The van der Waals surface area contributed by atoms with E-state index in [0.717, 1.165) is 43.7 Å². The molecule has 2 aliphatic rings. The van der Waals surface area contributed by atoms with Crippen molar-refractivity contribution in [3.05, 3.63) is 23.8 Å². The van der Waals surface area contributed by atoms with E-state index in [1.807, 2.05) is 6.07 Å². The molecule has 114 valence electrons. The number of fused-ring (bicyclic) bond motifs is 1. The number of carbonyl (C=O) groups is 1. The molecule has 1 aromatic rings. The Balaban J connectivity index is 1.83. The number of rotatable bonds is 4. The largest absolute Gasteiger partial charge is 0.493 e. The first-order valence-corrected chi connectivity index (χ1v) is 7.63. The maximum Gasteiger partial charge on any atom is 0.160 e. The number of carbonyl (C=O) groups excluding carboxylic acids is 1. The molecule has 1 N–H and O–H groups in total. The van der Waals surface area contributed by atoms with E-state index in [1.54, 1.807) is 14.2 Å². The van der Waals surface area contributed by atoms with Gasteiger partial charge in [0.25, 0.3) is 0 Å². The molecule has 2 fully saturated rings. The summed E-state index contributed by atoms with van der Waals surface area (Å²) in [4.78, 5) is 11.7. The highest BCUT2D eigenvalue weighted by Crippen LogP contribution is 2.45. The molecule has 0 unspecified atom stereocenters. The second kappa shape index (κ2) is 5.68. The van der Waals surface area contributed by atoms with Crippen LogP contribution < -0.4 is 14.8 Å². The normalized spacial score (nSPS) is 28.3. The average molecular weight is 289 g/mol. The number of Topliss-reactive ketones (excluding diaryl/α,β-unsaturated/α-hetero) is 1. The van der Waals surface area contributed by atoms with Crippen molar-refractivity contribution in [3.8, 4) is 11.5 Å². The highest BCUT2D eigenvalue weighted by molar-refractivity contribution is 5.80. The average Bonchev–Trinajstić information content (AvgIpc) is 2.90. The van der Waals surface area contributed by atoms with Crippen molar-refractivity contribution in [2.75, 3.05) is 20.8 Å². The summed E-state index contributed by atoms with van der Waals surface area (Å²) in [5.74, 6) is 1.94. The van der Waals surface area contributed by atoms with Crippen molar-refractivity contribution in [2.45, 2.75) is 38.1 Å². The monoisotopic (exact) mass is 289 g/mol. The van der Waals surface area contributed by atoms with Crippen molar-refractivity contribution in [1.82, 2.24) is 5.32 Å². The van der Waals surface area contributed by atoms with Crippen LogP contribution in [0.4, 0.5) is 0 Å². The Labute approximate surface area is 125 Å². The summed E-state index contributed by atoms with van der Waals surface area (Å²) in [6, 6.07) is 6.49. The van der Waals surface area contributed by atoms with E-state index >= 15 is 0 Å². The predicted octanol–water partition coefficient (Wildman–Crippen LogP) is 2.35. The molecule has 0 radical (unpaired) electrons. The maximum atomic E-state index is 11.7. The van der Waals surface area contributed by atoms with E-state index in [4.69, 9.17) is 9.47 Å². The zero-order valence-electron chi connectivity index (χ0n) is 12.8. The Morgan fingerprint density at radius 3 is 2.81 bits per heavy atom. The van der Waals surface area contributed by atoms with Gasteiger partial charge >= 0.3 is 0 Å². The second-order valence-electron chi connectivity index (χ2n) is 6.23. The Morgan fingerprint density at radius 1 is 1.24 bits per heavy atom. The lowest BCUT2D eigenvalue weighted by Gasteiger charge is -2.38. The van der Waals surface area contributed by atoms with Crippen LogP contribution in [0.15, 0.2) is 18.2 Å². The van der Waals surface area contributed by atoms with Gasteiger partial charge in [0.1, 0.15) is 5.78 Å².